The van der Waals surface area contributed by atoms with Gasteiger partial charge in [-0.05, 0) is 30.4 Å². The van der Waals surface area contributed by atoms with E-state index >= 15 is 0 Å². The van der Waals surface area contributed by atoms with Crippen molar-refractivity contribution in [2.24, 2.45) is 11.3 Å². The second-order valence-electron chi connectivity index (χ2n) is 6.17. The van der Waals surface area contributed by atoms with E-state index in [1.807, 2.05) is 19.1 Å². The fourth-order valence-corrected chi connectivity index (χ4v) is 4.12. The average molecular weight is 268 g/mol. The summed E-state index contributed by atoms with van der Waals surface area (Å²) in [6.07, 6.45) is 5.23. The molecular formula is C18H20O2. The SMILES string of the molecule is C=C(C)[C@@]1(C)CC2C=Cc3ccccc3[C@]21C(=O)OC. The molecule has 1 saturated carbocycles. The van der Waals surface area contributed by atoms with E-state index < -0.39 is 5.41 Å². The molecule has 20 heavy (non-hydrogen) atoms. The standard InChI is InChI=1S/C18H20O2/c1-12(2)17(3)11-14-10-9-13-7-5-6-8-15(13)18(14,17)16(19)20-4/h5-10,14H,1,11H2,2-4H3/t14?,17-,18+/m1/s1. The number of carbonyl (C=O) groups excluding carboxylic acids is 1. The van der Waals surface area contributed by atoms with Crippen molar-refractivity contribution in [2.75, 3.05) is 7.11 Å². The maximum absolute atomic E-state index is 12.7. The molecule has 2 nitrogen and oxygen atoms in total. The summed E-state index contributed by atoms with van der Waals surface area (Å²) in [5.74, 6) is 0.0580. The number of esters is 1. The lowest BCUT2D eigenvalue weighted by Crippen LogP contribution is -2.65. The lowest BCUT2D eigenvalue weighted by molar-refractivity contribution is -0.165. The van der Waals surface area contributed by atoms with Crippen LogP contribution in [-0.2, 0) is 14.9 Å². The molecule has 1 aromatic carbocycles. The third-order valence-electron chi connectivity index (χ3n) is 5.40. The molecule has 3 rings (SSSR count). The Hall–Kier alpha value is -1.83. The summed E-state index contributed by atoms with van der Waals surface area (Å²) in [6, 6.07) is 8.12. The molecule has 2 aliphatic rings. The largest absolute Gasteiger partial charge is 0.468 e. The lowest BCUT2D eigenvalue weighted by Gasteiger charge is -2.62. The van der Waals surface area contributed by atoms with Gasteiger partial charge in [0, 0.05) is 5.41 Å². The number of carbonyl (C=O) groups is 1. The molecule has 0 aliphatic heterocycles. The van der Waals surface area contributed by atoms with Gasteiger partial charge < -0.3 is 4.74 Å². The van der Waals surface area contributed by atoms with Crippen LogP contribution in [0.4, 0.5) is 0 Å². The van der Waals surface area contributed by atoms with Gasteiger partial charge in [0.2, 0.25) is 0 Å². The number of allylic oxidation sites excluding steroid dienone is 2. The van der Waals surface area contributed by atoms with Crippen molar-refractivity contribution in [1.82, 2.24) is 0 Å². The first-order valence-electron chi connectivity index (χ1n) is 7.00. The first kappa shape index (κ1) is 13.2. The third kappa shape index (κ3) is 1.27. The van der Waals surface area contributed by atoms with E-state index in [0.29, 0.717) is 0 Å². The van der Waals surface area contributed by atoms with E-state index in [1.165, 1.54) is 7.11 Å². The molecule has 0 radical (unpaired) electrons. The molecule has 0 spiro atoms. The topological polar surface area (TPSA) is 26.3 Å². The minimum absolute atomic E-state index is 0.143. The molecule has 2 heteroatoms. The fourth-order valence-electron chi connectivity index (χ4n) is 4.12. The second-order valence-corrected chi connectivity index (χ2v) is 6.17. The molecule has 2 aliphatic carbocycles. The van der Waals surface area contributed by atoms with Crippen LogP contribution < -0.4 is 0 Å². The summed E-state index contributed by atoms with van der Waals surface area (Å²) in [4.78, 5) is 12.7. The van der Waals surface area contributed by atoms with Crippen LogP contribution in [0.2, 0.25) is 0 Å². The Kier molecular flexibility index (Phi) is 2.69. The maximum atomic E-state index is 12.7. The number of ether oxygens (including phenoxy) is 1. The zero-order valence-corrected chi connectivity index (χ0v) is 12.3. The van der Waals surface area contributed by atoms with Crippen molar-refractivity contribution in [3.63, 3.8) is 0 Å². The minimum Gasteiger partial charge on any atom is -0.468 e. The van der Waals surface area contributed by atoms with Gasteiger partial charge in [0.25, 0.3) is 0 Å². The first-order valence-corrected chi connectivity index (χ1v) is 7.00. The molecule has 3 atom stereocenters. The van der Waals surface area contributed by atoms with E-state index in [0.717, 1.165) is 23.1 Å². The Morgan fingerprint density at radius 3 is 2.75 bits per heavy atom. The summed E-state index contributed by atoms with van der Waals surface area (Å²) < 4.78 is 5.20. The molecule has 1 fully saturated rings. The highest BCUT2D eigenvalue weighted by Crippen LogP contribution is 2.67. The fraction of sp³-hybridized carbons (Fsp3) is 0.389. The Morgan fingerprint density at radius 1 is 1.40 bits per heavy atom. The molecule has 1 aromatic rings. The number of methoxy groups -OCH3 is 1. The number of fused-ring (bicyclic) bond motifs is 3. The van der Waals surface area contributed by atoms with Crippen molar-refractivity contribution in [3.8, 4) is 0 Å². The van der Waals surface area contributed by atoms with Crippen LogP contribution in [0.1, 0.15) is 31.4 Å². The number of hydrogen-bond acceptors (Lipinski definition) is 2. The second kappa shape index (κ2) is 4.08. The Morgan fingerprint density at radius 2 is 2.10 bits per heavy atom. The van der Waals surface area contributed by atoms with Crippen LogP contribution in [0, 0.1) is 11.3 Å². The summed E-state index contributed by atoms with van der Waals surface area (Å²) in [6.45, 7) is 8.30. The molecule has 1 unspecified atom stereocenters. The van der Waals surface area contributed by atoms with Crippen molar-refractivity contribution in [1.29, 1.82) is 0 Å². The van der Waals surface area contributed by atoms with E-state index in [1.54, 1.807) is 0 Å². The van der Waals surface area contributed by atoms with E-state index in [2.05, 4.69) is 37.8 Å². The van der Waals surface area contributed by atoms with E-state index in [-0.39, 0.29) is 17.3 Å². The smallest absolute Gasteiger partial charge is 0.317 e. The molecule has 0 aromatic heterocycles. The van der Waals surface area contributed by atoms with Gasteiger partial charge in [0.05, 0.1) is 7.11 Å². The van der Waals surface area contributed by atoms with Crippen LogP contribution in [-0.4, -0.2) is 13.1 Å². The highest BCUT2D eigenvalue weighted by Gasteiger charge is 2.69. The van der Waals surface area contributed by atoms with Gasteiger partial charge in [-0.25, -0.2) is 0 Å². The summed E-state index contributed by atoms with van der Waals surface area (Å²) in [5.41, 5.74) is 2.38. The van der Waals surface area contributed by atoms with Crippen LogP contribution >= 0.6 is 0 Å². The Bertz CT molecular complexity index is 628. The summed E-state index contributed by atoms with van der Waals surface area (Å²) in [5, 5.41) is 0. The van der Waals surface area contributed by atoms with Crippen LogP contribution in [0.3, 0.4) is 0 Å². The molecule has 0 heterocycles. The van der Waals surface area contributed by atoms with Crippen molar-refractivity contribution < 1.29 is 9.53 Å². The maximum Gasteiger partial charge on any atom is 0.317 e. The molecule has 0 amide bonds. The lowest BCUT2D eigenvalue weighted by atomic mass is 9.39. The van der Waals surface area contributed by atoms with E-state index in [4.69, 9.17) is 4.74 Å². The molecule has 0 bridgehead atoms. The summed E-state index contributed by atoms with van der Waals surface area (Å²) >= 11 is 0. The number of benzene rings is 1. The van der Waals surface area contributed by atoms with Crippen molar-refractivity contribution in [2.45, 2.75) is 25.7 Å². The normalized spacial score (nSPS) is 33.6. The third-order valence-corrected chi connectivity index (χ3v) is 5.40. The molecule has 0 saturated heterocycles. The van der Waals surface area contributed by atoms with Gasteiger partial charge in [-0.15, -0.1) is 0 Å². The zero-order chi connectivity index (χ0) is 14.5. The van der Waals surface area contributed by atoms with Gasteiger partial charge in [-0.1, -0.05) is 55.5 Å². The van der Waals surface area contributed by atoms with Crippen molar-refractivity contribution in [3.05, 3.63) is 53.6 Å². The van der Waals surface area contributed by atoms with Crippen molar-refractivity contribution >= 4 is 12.0 Å². The van der Waals surface area contributed by atoms with Crippen LogP contribution in [0.5, 0.6) is 0 Å². The molecular weight excluding hydrogens is 248 g/mol. The molecule has 0 N–H and O–H groups in total. The molecule has 104 valence electrons. The van der Waals surface area contributed by atoms with E-state index in [9.17, 15) is 4.79 Å². The van der Waals surface area contributed by atoms with Crippen LogP contribution in [0.15, 0.2) is 42.5 Å². The average Bonchev–Trinajstić information content (AvgIpc) is 2.44. The van der Waals surface area contributed by atoms with Gasteiger partial charge >= 0.3 is 5.97 Å². The van der Waals surface area contributed by atoms with Gasteiger partial charge in [0.15, 0.2) is 0 Å². The highest BCUT2D eigenvalue weighted by molar-refractivity contribution is 5.91. The minimum atomic E-state index is -0.612. The number of hydrogen-bond donors (Lipinski definition) is 0. The predicted molar refractivity (Wildman–Crippen MR) is 80.2 cm³/mol. The van der Waals surface area contributed by atoms with Gasteiger partial charge in [-0.2, -0.15) is 0 Å². The summed E-state index contributed by atoms with van der Waals surface area (Å²) in [7, 11) is 1.48. The zero-order valence-electron chi connectivity index (χ0n) is 12.3. The Balaban J connectivity index is 2.30. The Labute approximate surface area is 120 Å². The van der Waals surface area contributed by atoms with Gasteiger partial charge in [0.1, 0.15) is 5.41 Å². The highest BCUT2D eigenvalue weighted by atomic mass is 16.5. The van der Waals surface area contributed by atoms with Crippen LogP contribution in [0.25, 0.3) is 6.08 Å². The monoisotopic (exact) mass is 268 g/mol. The van der Waals surface area contributed by atoms with Gasteiger partial charge in [-0.3, -0.25) is 4.79 Å². The predicted octanol–water partition coefficient (Wildman–Crippen LogP) is 3.73. The number of rotatable bonds is 2. The first-order chi connectivity index (χ1) is 9.48. The quantitative estimate of drug-likeness (QED) is 0.603.